The molecule has 1 N–H and O–H groups in total. The molecule has 17 heavy (non-hydrogen) atoms. The van der Waals surface area contributed by atoms with E-state index < -0.39 is 0 Å². The fourth-order valence-corrected chi connectivity index (χ4v) is 1.59. The molecule has 3 heteroatoms. The van der Waals surface area contributed by atoms with E-state index in [1.165, 1.54) is 0 Å². The monoisotopic (exact) mass is 236 g/mol. The Balaban J connectivity index is 2.57. The molecular formula is C14H24N2O. The van der Waals surface area contributed by atoms with Crippen molar-refractivity contribution in [2.24, 2.45) is 5.92 Å². The minimum absolute atomic E-state index is 0.199. The van der Waals surface area contributed by atoms with Crippen molar-refractivity contribution in [2.75, 3.05) is 13.1 Å². The molecule has 0 saturated carbocycles. The van der Waals surface area contributed by atoms with E-state index in [0.717, 1.165) is 31.0 Å². The van der Waals surface area contributed by atoms with Gasteiger partial charge in [-0.3, -0.25) is 4.98 Å². The molecule has 1 atom stereocenters. The molecule has 0 aromatic carbocycles. The first-order chi connectivity index (χ1) is 8.15. The van der Waals surface area contributed by atoms with Gasteiger partial charge in [-0.05, 0) is 37.9 Å². The fraction of sp³-hybridized carbons (Fsp3) is 0.643. The highest BCUT2D eigenvalue weighted by atomic mass is 16.5. The van der Waals surface area contributed by atoms with E-state index in [1.807, 2.05) is 19.1 Å². The first-order valence-electron chi connectivity index (χ1n) is 6.44. The molecular weight excluding hydrogens is 212 g/mol. The largest absolute Gasteiger partial charge is 0.487 e. The predicted molar refractivity (Wildman–Crippen MR) is 71.4 cm³/mol. The highest BCUT2D eigenvalue weighted by Gasteiger charge is 2.15. The third kappa shape index (κ3) is 4.73. The van der Waals surface area contributed by atoms with Gasteiger partial charge in [0, 0.05) is 12.7 Å². The molecule has 1 rings (SSSR count). The molecule has 0 aliphatic carbocycles. The molecule has 0 aliphatic heterocycles. The summed E-state index contributed by atoms with van der Waals surface area (Å²) in [6.07, 6.45) is 3.14. The Hall–Kier alpha value is -1.09. The molecule has 1 unspecified atom stereocenters. The maximum atomic E-state index is 6.03. The molecule has 0 radical (unpaired) electrons. The van der Waals surface area contributed by atoms with Gasteiger partial charge in [0.25, 0.3) is 0 Å². The van der Waals surface area contributed by atoms with Crippen molar-refractivity contribution in [2.45, 2.75) is 40.2 Å². The van der Waals surface area contributed by atoms with Crippen LogP contribution in [0.5, 0.6) is 5.75 Å². The van der Waals surface area contributed by atoms with Crippen molar-refractivity contribution in [1.29, 1.82) is 0 Å². The van der Waals surface area contributed by atoms with Gasteiger partial charge in [-0.15, -0.1) is 0 Å². The van der Waals surface area contributed by atoms with E-state index in [-0.39, 0.29) is 6.10 Å². The zero-order chi connectivity index (χ0) is 12.7. The number of ether oxygens (including phenoxy) is 1. The van der Waals surface area contributed by atoms with Gasteiger partial charge in [0.1, 0.15) is 11.9 Å². The van der Waals surface area contributed by atoms with E-state index in [1.54, 1.807) is 6.20 Å². The molecule has 3 nitrogen and oxygen atoms in total. The van der Waals surface area contributed by atoms with Crippen molar-refractivity contribution in [3.05, 3.63) is 24.0 Å². The van der Waals surface area contributed by atoms with E-state index in [9.17, 15) is 0 Å². The van der Waals surface area contributed by atoms with Gasteiger partial charge >= 0.3 is 0 Å². The average molecular weight is 236 g/mol. The smallest absolute Gasteiger partial charge is 0.140 e. The van der Waals surface area contributed by atoms with Gasteiger partial charge in [-0.25, -0.2) is 0 Å². The summed E-state index contributed by atoms with van der Waals surface area (Å²) < 4.78 is 6.03. The standard InChI is InChI=1S/C14H24N2O/c1-5-8-15-10-14(11(2)3)17-13-7-6-9-16-12(13)4/h6-7,9,11,14-15H,5,8,10H2,1-4H3. The predicted octanol–water partition coefficient (Wildman–Crippen LogP) is 2.79. The summed E-state index contributed by atoms with van der Waals surface area (Å²) in [5, 5.41) is 3.41. The second-order valence-corrected chi connectivity index (χ2v) is 4.69. The van der Waals surface area contributed by atoms with Crippen LogP contribution in [0.3, 0.4) is 0 Å². The Morgan fingerprint density at radius 3 is 2.76 bits per heavy atom. The summed E-state index contributed by atoms with van der Waals surface area (Å²) in [5.41, 5.74) is 0.952. The summed E-state index contributed by atoms with van der Waals surface area (Å²) in [6, 6.07) is 3.90. The number of pyridine rings is 1. The minimum Gasteiger partial charge on any atom is -0.487 e. The average Bonchev–Trinajstić information content (AvgIpc) is 2.30. The molecule has 0 saturated heterocycles. The van der Waals surface area contributed by atoms with Crippen molar-refractivity contribution < 1.29 is 4.74 Å². The van der Waals surface area contributed by atoms with Crippen LogP contribution in [-0.4, -0.2) is 24.2 Å². The summed E-state index contributed by atoms with van der Waals surface area (Å²) in [4.78, 5) is 4.24. The van der Waals surface area contributed by atoms with Crippen LogP contribution in [0, 0.1) is 12.8 Å². The molecule has 1 aromatic heterocycles. The van der Waals surface area contributed by atoms with Gasteiger partial charge < -0.3 is 10.1 Å². The zero-order valence-corrected chi connectivity index (χ0v) is 11.4. The Morgan fingerprint density at radius 2 is 2.18 bits per heavy atom. The van der Waals surface area contributed by atoms with Gasteiger partial charge in [0.2, 0.25) is 0 Å². The van der Waals surface area contributed by atoms with Crippen LogP contribution in [-0.2, 0) is 0 Å². The van der Waals surface area contributed by atoms with Gasteiger partial charge in [-0.2, -0.15) is 0 Å². The minimum atomic E-state index is 0.199. The van der Waals surface area contributed by atoms with Gasteiger partial charge in [0.15, 0.2) is 0 Å². The second-order valence-electron chi connectivity index (χ2n) is 4.69. The van der Waals surface area contributed by atoms with Crippen molar-refractivity contribution in [3.8, 4) is 5.75 Å². The number of aromatic nitrogens is 1. The molecule has 0 aliphatic rings. The lowest BCUT2D eigenvalue weighted by atomic mass is 10.1. The van der Waals surface area contributed by atoms with E-state index in [0.29, 0.717) is 5.92 Å². The number of hydrogen-bond donors (Lipinski definition) is 1. The number of rotatable bonds is 7. The first-order valence-corrected chi connectivity index (χ1v) is 6.44. The summed E-state index contributed by atoms with van der Waals surface area (Å²) in [7, 11) is 0. The van der Waals surface area contributed by atoms with Crippen molar-refractivity contribution in [1.82, 2.24) is 10.3 Å². The molecule has 96 valence electrons. The first kappa shape index (κ1) is 14.0. The quantitative estimate of drug-likeness (QED) is 0.739. The maximum Gasteiger partial charge on any atom is 0.140 e. The lowest BCUT2D eigenvalue weighted by molar-refractivity contribution is 0.147. The lowest BCUT2D eigenvalue weighted by Crippen LogP contribution is -2.36. The fourth-order valence-electron chi connectivity index (χ4n) is 1.59. The van der Waals surface area contributed by atoms with E-state index in [2.05, 4.69) is 31.1 Å². The van der Waals surface area contributed by atoms with Crippen LogP contribution >= 0.6 is 0 Å². The Bertz CT molecular complexity index is 326. The van der Waals surface area contributed by atoms with E-state index in [4.69, 9.17) is 4.74 Å². The lowest BCUT2D eigenvalue weighted by Gasteiger charge is -2.23. The van der Waals surface area contributed by atoms with Crippen molar-refractivity contribution >= 4 is 0 Å². The summed E-state index contributed by atoms with van der Waals surface area (Å²) in [5.74, 6) is 1.38. The normalized spacial score (nSPS) is 12.8. The summed E-state index contributed by atoms with van der Waals surface area (Å²) in [6.45, 7) is 10.4. The molecule has 0 bridgehead atoms. The highest BCUT2D eigenvalue weighted by Crippen LogP contribution is 2.18. The van der Waals surface area contributed by atoms with Crippen LogP contribution in [0.25, 0.3) is 0 Å². The van der Waals surface area contributed by atoms with Crippen LogP contribution in [0.1, 0.15) is 32.9 Å². The van der Waals surface area contributed by atoms with Crippen LogP contribution in [0.4, 0.5) is 0 Å². The SMILES string of the molecule is CCCNCC(Oc1cccnc1C)C(C)C. The number of aryl methyl sites for hydroxylation is 1. The maximum absolute atomic E-state index is 6.03. The van der Waals surface area contributed by atoms with Crippen molar-refractivity contribution in [3.63, 3.8) is 0 Å². The highest BCUT2D eigenvalue weighted by molar-refractivity contribution is 5.25. The molecule has 1 aromatic rings. The molecule has 0 spiro atoms. The Morgan fingerprint density at radius 1 is 1.41 bits per heavy atom. The summed E-state index contributed by atoms with van der Waals surface area (Å²) >= 11 is 0. The van der Waals surface area contributed by atoms with Crippen LogP contribution in [0.15, 0.2) is 18.3 Å². The van der Waals surface area contributed by atoms with Crippen LogP contribution in [0.2, 0.25) is 0 Å². The van der Waals surface area contributed by atoms with E-state index >= 15 is 0 Å². The van der Waals surface area contributed by atoms with Gasteiger partial charge in [-0.1, -0.05) is 20.8 Å². The number of nitrogens with one attached hydrogen (secondary N) is 1. The third-order valence-electron chi connectivity index (χ3n) is 2.75. The molecule has 0 amide bonds. The Kier molecular flexibility index (Phi) is 5.98. The zero-order valence-electron chi connectivity index (χ0n) is 11.4. The molecule has 1 heterocycles. The topological polar surface area (TPSA) is 34.1 Å². The number of hydrogen-bond acceptors (Lipinski definition) is 3. The second kappa shape index (κ2) is 7.28. The Labute approximate surface area is 105 Å². The van der Waals surface area contributed by atoms with Gasteiger partial charge in [0.05, 0.1) is 5.69 Å². The number of nitrogens with zero attached hydrogens (tertiary/aromatic N) is 1. The third-order valence-corrected chi connectivity index (χ3v) is 2.75. The molecule has 0 fully saturated rings. The van der Waals surface area contributed by atoms with Crippen LogP contribution < -0.4 is 10.1 Å².